The molecule has 0 aliphatic heterocycles. The van der Waals surface area contributed by atoms with Gasteiger partial charge >= 0.3 is 0 Å². The van der Waals surface area contributed by atoms with Crippen molar-refractivity contribution < 1.29 is 14.2 Å². The van der Waals surface area contributed by atoms with Crippen LogP contribution in [0.2, 0.25) is 0 Å². The number of hydrogen-bond acceptors (Lipinski definition) is 8. The number of benzene rings is 2. The van der Waals surface area contributed by atoms with Gasteiger partial charge in [-0.25, -0.2) is 4.98 Å². The molecule has 3 N–H and O–H groups in total. The standard InChI is InChI=1S/C20H20N6O3/c1-27-16-9-12(10-17(28-2)19(16)29-3)23-20-21-8-7-18(25-20)24-14-5-4-6-15-13(14)11-22-26-15/h4-11H,1-3H3,(H,22,26)(H2,21,23,24,25). The van der Waals surface area contributed by atoms with Crippen LogP contribution in [0.15, 0.2) is 48.8 Å². The highest BCUT2D eigenvalue weighted by atomic mass is 16.5. The molecule has 2 aromatic heterocycles. The van der Waals surface area contributed by atoms with Crippen LogP contribution in [0.4, 0.5) is 23.1 Å². The maximum Gasteiger partial charge on any atom is 0.229 e. The molecule has 9 heteroatoms. The highest BCUT2D eigenvalue weighted by Crippen LogP contribution is 2.40. The molecule has 0 amide bonds. The monoisotopic (exact) mass is 392 g/mol. The molecule has 2 heterocycles. The minimum Gasteiger partial charge on any atom is -0.493 e. The van der Waals surface area contributed by atoms with Crippen LogP contribution >= 0.6 is 0 Å². The lowest BCUT2D eigenvalue weighted by Gasteiger charge is -2.15. The lowest BCUT2D eigenvalue weighted by molar-refractivity contribution is 0.324. The molecule has 0 spiro atoms. The quantitative estimate of drug-likeness (QED) is 0.435. The summed E-state index contributed by atoms with van der Waals surface area (Å²) in [6.45, 7) is 0. The average molecular weight is 392 g/mol. The molecule has 0 aliphatic rings. The zero-order chi connectivity index (χ0) is 20.2. The van der Waals surface area contributed by atoms with Gasteiger partial charge in [0.2, 0.25) is 11.7 Å². The maximum atomic E-state index is 5.39. The molecular weight excluding hydrogens is 372 g/mol. The molecule has 0 saturated carbocycles. The molecule has 0 aliphatic carbocycles. The van der Waals surface area contributed by atoms with Crippen LogP contribution in [0.3, 0.4) is 0 Å². The van der Waals surface area contributed by atoms with Crippen LogP contribution in [0.1, 0.15) is 0 Å². The number of hydrogen-bond donors (Lipinski definition) is 3. The van der Waals surface area contributed by atoms with E-state index in [-0.39, 0.29) is 0 Å². The Kier molecular flexibility index (Phi) is 5.02. The van der Waals surface area contributed by atoms with E-state index in [1.807, 2.05) is 18.2 Å². The molecule has 0 bridgehead atoms. The van der Waals surface area contributed by atoms with Gasteiger partial charge in [-0.05, 0) is 18.2 Å². The fourth-order valence-corrected chi connectivity index (χ4v) is 2.99. The van der Waals surface area contributed by atoms with Crippen molar-refractivity contribution in [1.82, 2.24) is 20.2 Å². The highest BCUT2D eigenvalue weighted by Gasteiger charge is 2.14. The summed E-state index contributed by atoms with van der Waals surface area (Å²) in [4.78, 5) is 8.82. The van der Waals surface area contributed by atoms with Crippen molar-refractivity contribution in [2.24, 2.45) is 0 Å². The summed E-state index contributed by atoms with van der Waals surface area (Å²) in [6.07, 6.45) is 3.44. The molecule has 0 atom stereocenters. The molecule has 4 rings (SSSR count). The summed E-state index contributed by atoms with van der Waals surface area (Å²) >= 11 is 0. The zero-order valence-corrected chi connectivity index (χ0v) is 16.2. The van der Waals surface area contributed by atoms with E-state index < -0.39 is 0 Å². The Morgan fingerprint density at radius 3 is 2.45 bits per heavy atom. The third-order valence-electron chi connectivity index (χ3n) is 4.32. The van der Waals surface area contributed by atoms with E-state index in [0.29, 0.717) is 34.7 Å². The molecule has 0 radical (unpaired) electrons. The minimum absolute atomic E-state index is 0.420. The third-order valence-corrected chi connectivity index (χ3v) is 4.32. The second-order valence-corrected chi connectivity index (χ2v) is 6.07. The van der Waals surface area contributed by atoms with Gasteiger partial charge < -0.3 is 24.8 Å². The lowest BCUT2D eigenvalue weighted by Crippen LogP contribution is -2.02. The normalized spacial score (nSPS) is 10.6. The SMILES string of the molecule is COc1cc(Nc2nccc(Nc3cccc4[nH]ncc34)n2)cc(OC)c1OC. The molecule has 0 fully saturated rings. The molecule has 0 unspecified atom stereocenters. The van der Waals surface area contributed by atoms with E-state index >= 15 is 0 Å². The first kappa shape index (κ1) is 18.4. The number of nitrogens with zero attached hydrogens (tertiary/aromatic N) is 3. The fraction of sp³-hybridized carbons (Fsp3) is 0.150. The topological polar surface area (TPSA) is 106 Å². The molecule has 4 aromatic rings. The van der Waals surface area contributed by atoms with E-state index in [1.54, 1.807) is 51.9 Å². The van der Waals surface area contributed by atoms with Crippen LogP contribution in [0.5, 0.6) is 17.2 Å². The molecule has 9 nitrogen and oxygen atoms in total. The van der Waals surface area contributed by atoms with Gasteiger partial charge in [0.15, 0.2) is 11.5 Å². The Morgan fingerprint density at radius 1 is 0.931 bits per heavy atom. The first-order valence-electron chi connectivity index (χ1n) is 8.81. The number of ether oxygens (including phenoxy) is 3. The van der Waals surface area contributed by atoms with Crippen LogP contribution < -0.4 is 24.8 Å². The second-order valence-electron chi connectivity index (χ2n) is 6.07. The van der Waals surface area contributed by atoms with Crippen molar-refractivity contribution in [3.05, 3.63) is 48.8 Å². The summed E-state index contributed by atoms with van der Waals surface area (Å²) in [5.74, 6) is 2.66. The lowest BCUT2D eigenvalue weighted by atomic mass is 10.2. The number of anilines is 4. The number of fused-ring (bicyclic) bond motifs is 1. The van der Waals surface area contributed by atoms with Crippen LogP contribution in [0.25, 0.3) is 10.9 Å². The summed E-state index contributed by atoms with van der Waals surface area (Å²) in [7, 11) is 4.70. The largest absolute Gasteiger partial charge is 0.493 e. The number of rotatable bonds is 7. The van der Waals surface area contributed by atoms with Crippen LogP contribution in [-0.2, 0) is 0 Å². The Balaban J connectivity index is 1.60. The number of nitrogens with one attached hydrogen (secondary N) is 3. The van der Waals surface area contributed by atoms with Gasteiger partial charge in [-0.15, -0.1) is 0 Å². The summed E-state index contributed by atoms with van der Waals surface area (Å²) in [5.41, 5.74) is 2.54. The number of methoxy groups -OCH3 is 3. The fourth-order valence-electron chi connectivity index (χ4n) is 2.99. The van der Waals surface area contributed by atoms with Crippen LogP contribution in [0, 0.1) is 0 Å². The second kappa shape index (κ2) is 7.93. The van der Waals surface area contributed by atoms with Crippen molar-refractivity contribution in [3.8, 4) is 17.2 Å². The first-order valence-corrected chi connectivity index (χ1v) is 8.81. The maximum absolute atomic E-state index is 5.39. The van der Waals surface area contributed by atoms with Crippen LogP contribution in [-0.4, -0.2) is 41.5 Å². The summed E-state index contributed by atoms with van der Waals surface area (Å²) in [5, 5.41) is 14.5. The number of aromatic nitrogens is 4. The Hall–Kier alpha value is -4.01. The molecule has 148 valence electrons. The predicted octanol–water partition coefficient (Wildman–Crippen LogP) is 3.87. The van der Waals surface area contributed by atoms with Crippen molar-refractivity contribution in [3.63, 3.8) is 0 Å². The van der Waals surface area contributed by atoms with E-state index in [2.05, 4.69) is 30.8 Å². The molecule has 0 saturated heterocycles. The average Bonchev–Trinajstić information content (AvgIpc) is 3.23. The third kappa shape index (κ3) is 3.70. The predicted molar refractivity (Wildman–Crippen MR) is 111 cm³/mol. The summed E-state index contributed by atoms with van der Waals surface area (Å²) < 4.78 is 16.1. The van der Waals surface area contributed by atoms with Crippen molar-refractivity contribution in [2.45, 2.75) is 0 Å². The van der Waals surface area contributed by atoms with E-state index in [9.17, 15) is 0 Å². The number of H-pyrrole nitrogens is 1. The molecular formula is C20H20N6O3. The van der Waals surface area contributed by atoms with Gasteiger partial charge in [-0.2, -0.15) is 10.1 Å². The van der Waals surface area contributed by atoms with Gasteiger partial charge in [-0.1, -0.05) is 6.07 Å². The Labute approximate surface area is 167 Å². The zero-order valence-electron chi connectivity index (χ0n) is 16.2. The van der Waals surface area contributed by atoms with Gasteiger partial charge in [-0.3, -0.25) is 5.10 Å². The summed E-state index contributed by atoms with van der Waals surface area (Å²) in [6, 6.07) is 11.2. The van der Waals surface area contributed by atoms with E-state index in [0.717, 1.165) is 16.6 Å². The molecule has 2 aromatic carbocycles. The van der Waals surface area contributed by atoms with E-state index in [1.165, 1.54) is 0 Å². The highest BCUT2D eigenvalue weighted by molar-refractivity contribution is 5.92. The van der Waals surface area contributed by atoms with Gasteiger partial charge in [0, 0.05) is 29.4 Å². The van der Waals surface area contributed by atoms with Gasteiger partial charge in [0.25, 0.3) is 0 Å². The van der Waals surface area contributed by atoms with Gasteiger partial charge in [0.05, 0.1) is 38.7 Å². The first-order chi connectivity index (χ1) is 14.2. The van der Waals surface area contributed by atoms with Gasteiger partial charge in [0.1, 0.15) is 5.82 Å². The Morgan fingerprint density at radius 2 is 1.72 bits per heavy atom. The van der Waals surface area contributed by atoms with Crippen molar-refractivity contribution >= 4 is 34.0 Å². The Bertz CT molecular complexity index is 1120. The van der Waals surface area contributed by atoms with E-state index in [4.69, 9.17) is 14.2 Å². The smallest absolute Gasteiger partial charge is 0.229 e. The van der Waals surface area contributed by atoms with Crippen molar-refractivity contribution in [2.75, 3.05) is 32.0 Å². The molecule has 29 heavy (non-hydrogen) atoms. The number of aromatic amines is 1. The van der Waals surface area contributed by atoms with Crippen molar-refractivity contribution in [1.29, 1.82) is 0 Å². The minimum atomic E-state index is 0.420.